The summed E-state index contributed by atoms with van der Waals surface area (Å²) in [6.45, 7) is 9.30. The standard InChI is InChI=1S/C27H37N3O3S/c1-17(2)21-14-19(5-8-23(21)34-20-6-7-20)22(13-18-9-11-33-12-10-18)26(31)30-25-16-28-24(15-29-25)27(3,4)32/h5,8,14-18,20,22,32H,6-7,9-13H2,1-4H3,(H,29,30,31)/t22-/m1/s1. The number of carbonyl (C=O) groups excluding carboxylic acids is 1. The molecule has 1 aromatic heterocycles. The van der Waals surface area contributed by atoms with Gasteiger partial charge in [-0.2, -0.15) is 0 Å². The number of amides is 1. The molecule has 2 fully saturated rings. The molecule has 0 radical (unpaired) electrons. The van der Waals surface area contributed by atoms with E-state index in [2.05, 4.69) is 47.3 Å². The molecule has 0 bridgehead atoms. The lowest BCUT2D eigenvalue weighted by Gasteiger charge is -2.27. The van der Waals surface area contributed by atoms with Gasteiger partial charge in [-0.15, -0.1) is 11.8 Å². The molecule has 1 saturated carbocycles. The van der Waals surface area contributed by atoms with Crippen molar-refractivity contribution in [3.05, 3.63) is 47.4 Å². The molecule has 1 aromatic carbocycles. The molecule has 1 saturated heterocycles. The van der Waals surface area contributed by atoms with Crippen LogP contribution in [0.5, 0.6) is 0 Å². The van der Waals surface area contributed by atoms with Crippen LogP contribution in [0, 0.1) is 5.92 Å². The second-order valence-electron chi connectivity index (χ2n) is 10.4. The Morgan fingerprint density at radius 1 is 1.18 bits per heavy atom. The topological polar surface area (TPSA) is 84.3 Å². The monoisotopic (exact) mass is 483 g/mol. The van der Waals surface area contributed by atoms with Crippen LogP contribution in [0.3, 0.4) is 0 Å². The molecule has 1 atom stereocenters. The average Bonchev–Trinajstić information content (AvgIpc) is 3.62. The smallest absolute Gasteiger partial charge is 0.233 e. The number of thioether (sulfide) groups is 1. The molecule has 2 heterocycles. The minimum absolute atomic E-state index is 0.0610. The van der Waals surface area contributed by atoms with Crippen molar-refractivity contribution in [1.29, 1.82) is 0 Å². The summed E-state index contributed by atoms with van der Waals surface area (Å²) in [5.41, 5.74) is 1.78. The Kier molecular flexibility index (Phi) is 7.95. The van der Waals surface area contributed by atoms with Gasteiger partial charge in [0.05, 0.1) is 24.0 Å². The number of rotatable bonds is 9. The highest BCUT2D eigenvalue weighted by atomic mass is 32.2. The van der Waals surface area contributed by atoms with Crippen LogP contribution in [-0.4, -0.2) is 39.4 Å². The first kappa shape index (κ1) is 25.1. The molecule has 7 heteroatoms. The Morgan fingerprint density at radius 2 is 1.91 bits per heavy atom. The lowest BCUT2D eigenvalue weighted by Crippen LogP contribution is -2.27. The Balaban J connectivity index is 1.58. The Labute approximate surface area is 207 Å². The van der Waals surface area contributed by atoms with E-state index in [1.807, 2.05) is 11.8 Å². The molecule has 6 nitrogen and oxygen atoms in total. The van der Waals surface area contributed by atoms with Gasteiger partial charge in [0.2, 0.25) is 5.91 Å². The highest BCUT2D eigenvalue weighted by Gasteiger charge is 2.29. The summed E-state index contributed by atoms with van der Waals surface area (Å²) in [5, 5.41) is 13.9. The number of carbonyl (C=O) groups is 1. The molecule has 0 spiro atoms. The van der Waals surface area contributed by atoms with Crippen molar-refractivity contribution in [2.45, 2.75) is 87.4 Å². The summed E-state index contributed by atoms with van der Waals surface area (Å²) in [4.78, 5) is 23.5. The molecule has 0 unspecified atom stereocenters. The molecule has 1 aliphatic heterocycles. The van der Waals surface area contributed by atoms with Crippen LogP contribution in [0.15, 0.2) is 35.5 Å². The van der Waals surface area contributed by atoms with Gasteiger partial charge in [0.15, 0.2) is 5.82 Å². The van der Waals surface area contributed by atoms with E-state index in [0.717, 1.165) is 43.3 Å². The molecule has 2 aromatic rings. The molecule has 184 valence electrons. The van der Waals surface area contributed by atoms with Crippen molar-refractivity contribution in [3.63, 3.8) is 0 Å². The molecule has 2 aliphatic rings. The second-order valence-corrected chi connectivity index (χ2v) is 11.8. The van der Waals surface area contributed by atoms with Crippen LogP contribution < -0.4 is 5.32 Å². The van der Waals surface area contributed by atoms with Gasteiger partial charge >= 0.3 is 0 Å². The van der Waals surface area contributed by atoms with E-state index in [-0.39, 0.29) is 11.8 Å². The van der Waals surface area contributed by atoms with Crippen molar-refractivity contribution in [2.24, 2.45) is 5.92 Å². The van der Waals surface area contributed by atoms with E-state index in [0.29, 0.717) is 23.3 Å². The normalized spacial score (nSPS) is 18.2. The Hall–Kier alpha value is -1.96. The maximum absolute atomic E-state index is 13.6. The van der Waals surface area contributed by atoms with Crippen molar-refractivity contribution >= 4 is 23.5 Å². The van der Waals surface area contributed by atoms with Crippen LogP contribution in [-0.2, 0) is 15.1 Å². The van der Waals surface area contributed by atoms with Gasteiger partial charge in [0.25, 0.3) is 0 Å². The van der Waals surface area contributed by atoms with Crippen LogP contribution in [0.4, 0.5) is 5.82 Å². The number of hydrogen-bond donors (Lipinski definition) is 2. The maximum atomic E-state index is 13.6. The van der Waals surface area contributed by atoms with Gasteiger partial charge in [-0.3, -0.25) is 9.78 Å². The predicted molar refractivity (Wildman–Crippen MR) is 136 cm³/mol. The van der Waals surface area contributed by atoms with Gasteiger partial charge in [0, 0.05) is 23.4 Å². The number of aliphatic hydroxyl groups is 1. The van der Waals surface area contributed by atoms with Gasteiger partial charge in [0.1, 0.15) is 5.60 Å². The summed E-state index contributed by atoms with van der Waals surface area (Å²) >= 11 is 1.98. The fraction of sp³-hybridized carbons (Fsp3) is 0.593. The summed E-state index contributed by atoms with van der Waals surface area (Å²) < 4.78 is 5.55. The maximum Gasteiger partial charge on any atom is 0.233 e. The fourth-order valence-electron chi connectivity index (χ4n) is 4.34. The number of ether oxygens (including phenoxy) is 1. The van der Waals surface area contributed by atoms with E-state index < -0.39 is 5.60 Å². The number of nitrogens with zero attached hydrogens (tertiary/aromatic N) is 2. The zero-order valence-corrected chi connectivity index (χ0v) is 21.5. The summed E-state index contributed by atoms with van der Waals surface area (Å²) in [6.07, 6.45) is 8.39. The number of benzene rings is 1. The van der Waals surface area contributed by atoms with Crippen LogP contribution in [0.2, 0.25) is 0 Å². The van der Waals surface area contributed by atoms with E-state index in [4.69, 9.17) is 4.74 Å². The Bertz CT molecular complexity index is 978. The average molecular weight is 484 g/mol. The van der Waals surface area contributed by atoms with Crippen molar-refractivity contribution in [1.82, 2.24) is 9.97 Å². The minimum Gasteiger partial charge on any atom is -0.384 e. The summed E-state index contributed by atoms with van der Waals surface area (Å²) in [5.74, 6) is 0.926. The van der Waals surface area contributed by atoms with Gasteiger partial charge in [-0.05, 0) is 75.0 Å². The number of nitrogens with one attached hydrogen (secondary N) is 1. The highest BCUT2D eigenvalue weighted by molar-refractivity contribution is 8.00. The second kappa shape index (κ2) is 10.8. The molecule has 2 N–H and O–H groups in total. The number of hydrogen-bond acceptors (Lipinski definition) is 6. The first-order valence-electron chi connectivity index (χ1n) is 12.4. The third kappa shape index (κ3) is 6.58. The lowest BCUT2D eigenvalue weighted by atomic mass is 9.83. The molecule has 1 amide bonds. The number of anilines is 1. The van der Waals surface area contributed by atoms with E-state index in [1.165, 1.54) is 35.7 Å². The summed E-state index contributed by atoms with van der Waals surface area (Å²) in [7, 11) is 0. The first-order valence-corrected chi connectivity index (χ1v) is 13.3. The number of aromatic nitrogens is 2. The minimum atomic E-state index is -1.07. The third-order valence-electron chi connectivity index (χ3n) is 6.63. The molecule has 1 aliphatic carbocycles. The molecule has 4 rings (SSSR count). The van der Waals surface area contributed by atoms with Crippen molar-refractivity contribution < 1.29 is 14.6 Å². The molecule has 34 heavy (non-hydrogen) atoms. The van der Waals surface area contributed by atoms with Gasteiger partial charge < -0.3 is 15.2 Å². The van der Waals surface area contributed by atoms with Crippen molar-refractivity contribution in [2.75, 3.05) is 18.5 Å². The zero-order valence-electron chi connectivity index (χ0n) is 20.7. The van der Waals surface area contributed by atoms with Gasteiger partial charge in [-0.1, -0.05) is 26.0 Å². The Morgan fingerprint density at radius 3 is 2.50 bits per heavy atom. The highest BCUT2D eigenvalue weighted by Crippen LogP contribution is 2.43. The SMILES string of the molecule is CC(C)c1cc([C@@H](CC2CCOCC2)C(=O)Nc2cnc(C(C)(C)O)cn2)ccc1SC1CC1. The fourth-order valence-corrected chi connectivity index (χ4v) is 5.65. The predicted octanol–water partition coefficient (Wildman–Crippen LogP) is 5.62. The first-order chi connectivity index (χ1) is 16.2. The van der Waals surface area contributed by atoms with E-state index in [1.54, 1.807) is 13.8 Å². The van der Waals surface area contributed by atoms with E-state index >= 15 is 0 Å². The molecular weight excluding hydrogens is 446 g/mol. The lowest BCUT2D eigenvalue weighted by molar-refractivity contribution is -0.118. The third-order valence-corrected chi connectivity index (χ3v) is 8.06. The zero-order chi connectivity index (χ0) is 24.3. The van der Waals surface area contributed by atoms with Crippen molar-refractivity contribution in [3.8, 4) is 0 Å². The molecular formula is C27H37N3O3S. The largest absolute Gasteiger partial charge is 0.384 e. The summed E-state index contributed by atoms with van der Waals surface area (Å²) in [6, 6.07) is 6.61. The van der Waals surface area contributed by atoms with Crippen LogP contribution in [0.25, 0.3) is 0 Å². The quantitative estimate of drug-likeness (QED) is 0.481. The van der Waals surface area contributed by atoms with Crippen LogP contribution in [0.1, 0.15) is 88.5 Å². The van der Waals surface area contributed by atoms with Gasteiger partial charge in [-0.25, -0.2) is 4.98 Å². The van der Waals surface area contributed by atoms with Crippen LogP contribution >= 0.6 is 11.8 Å². The van der Waals surface area contributed by atoms with E-state index in [9.17, 15) is 9.90 Å².